The molecule has 216 valence electrons. The molecule has 0 spiro atoms. The maximum Gasteiger partial charge on any atom is 0.435 e. The van der Waals surface area contributed by atoms with Crippen LogP contribution >= 0.6 is 19.4 Å². The van der Waals surface area contributed by atoms with Crippen molar-refractivity contribution < 1.29 is 28.3 Å². The molecule has 0 bridgehead atoms. The second kappa shape index (κ2) is 25.2. The molecule has 0 aromatic carbocycles. The maximum absolute atomic E-state index is 11.9. The van der Waals surface area contributed by atoms with Crippen LogP contribution in [0.15, 0.2) is 0 Å². The van der Waals surface area contributed by atoms with Gasteiger partial charge in [0.25, 0.3) is 0 Å². The van der Waals surface area contributed by atoms with Gasteiger partial charge >= 0.3 is 13.3 Å². The monoisotopic (exact) mass is 552 g/mol. The Morgan fingerprint density at radius 2 is 1.33 bits per heavy atom. The van der Waals surface area contributed by atoms with Gasteiger partial charge in [0, 0.05) is 11.9 Å². The highest BCUT2D eigenvalue weighted by Gasteiger charge is 2.33. The number of unbranched alkanes of at least 4 members (excludes halogenated alkanes) is 13. The molecule has 0 aliphatic heterocycles. The van der Waals surface area contributed by atoms with Crippen molar-refractivity contribution in [3.63, 3.8) is 0 Å². The normalized spacial score (nSPS) is 14.9. The average Bonchev–Trinajstić information content (AvgIpc) is 2.85. The predicted molar refractivity (Wildman–Crippen MR) is 154 cm³/mol. The molecule has 1 N–H and O–H groups in total. The van der Waals surface area contributed by atoms with E-state index in [0.29, 0.717) is 11.9 Å². The fourth-order valence-electron chi connectivity index (χ4n) is 4.04. The van der Waals surface area contributed by atoms with Crippen LogP contribution in [-0.2, 0) is 18.6 Å². The molecule has 6 nitrogen and oxygen atoms in total. The van der Waals surface area contributed by atoms with Gasteiger partial charge in [-0.25, -0.2) is 9.36 Å². The summed E-state index contributed by atoms with van der Waals surface area (Å²) in [4.78, 5) is 21.2. The topological polar surface area (TPSA) is 82.1 Å². The first-order valence-electron chi connectivity index (χ1n) is 14.7. The molecule has 3 atom stereocenters. The predicted octanol–water partition coefficient (Wildman–Crippen LogP) is 9.52. The summed E-state index contributed by atoms with van der Waals surface area (Å²) in [6.07, 6.45) is 21.9. The number of hydrogen-bond acceptors (Lipinski definition) is 6. The van der Waals surface area contributed by atoms with Crippen molar-refractivity contribution in [1.29, 1.82) is 0 Å². The smallest absolute Gasteiger partial charge is 0.435 e. The molecule has 0 fully saturated rings. The van der Waals surface area contributed by atoms with Crippen LogP contribution in [0.3, 0.4) is 0 Å². The zero-order valence-corrected chi connectivity index (χ0v) is 25.6. The van der Waals surface area contributed by atoms with Crippen molar-refractivity contribution in [1.82, 2.24) is 0 Å². The lowest BCUT2D eigenvalue weighted by Gasteiger charge is -2.19. The minimum atomic E-state index is -4.41. The van der Waals surface area contributed by atoms with E-state index in [1.807, 2.05) is 0 Å². The fourth-order valence-corrected chi connectivity index (χ4v) is 6.15. The summed E-state index contributed by atoms with van der Waals surface area (Å²) in [6.45, 7) is 8.40. The van der Waals surface area contributed by atoms with E-state index in [1.165, 1.54) is 108 Å². The molecule has 0 saturated heterocycles. The van der Waals surface area contributed by atoms with Gasteiger partial charge in [0.05, 0.1) is 19.3 Å². The molecule has 0 aliphatic carbocycles. The number of carbonyl (C=O) groups is 1. The van der Waals surface area contributed by atoms with Gasteiger partial charge < -0.3 is 14.4 Å². The van der Waals surface area contributed by atoms with Crippen molar-refractivity contribution in [3.05, 3.63) is 0 Å². The summed E-state index contributed by atoms with van der Waals surface area (Å²) in [5, 5.41) is 0.585. The molecule has 0 radical (unpaired) electrons. The Kier molecular flexibility index (Phi) is 25.2. The molecule has 0 amide bonds. The summed E-state index contributed by atoms with van der Waals surface area (Å²) in [7, 11) is -4.41. The molecule has 0 saturated carbocycles. The van der Waals surface area contributed by atoms with Crippen LogP contribution in [0.5, 0.6) is 0 Å². The van der Waals surface area contributed by atoms with E-state index in [4.69, 9.17) is 9.26 Å². The van der Waals surface area contributed by atoms with Gasteiger partial charge in [-0.2, -0.15) is 11.8 Å². The molecule has 0 rings (SSSR count). The van der Waals surface area contributed by atoms with E-state index >= 15 is 0 Å². The molecular weight excluding hydrogens is 495 g/mol. The Balaban J connectivity index is 4.15. The minimum absolute atomic E-state index is 0.0371. The number of hydrogen-bond donors (Lipinski definition) is 1. The highest BCUT2D eigenvalue weighted by atomic mass is 32.2. The highest BCUT2D eigenvalue weighted by Crippen LogP contribution is 2.44. The van der Waals surface area contributed by atoms with Crippen LogP contribution < -0.4 is 0 Å². The van der Waals surface area contributed by atoms with Crippen molar-refractivity contribution in [2.24, 2.45) is 0 Å². The van der Waals surface area contributed by atoms with Crippen LogP contribution in [0.4, 0.5) is 4.79 Å². The lowest BCUT2D eigenvalue weighted by atomic mass is 10.1. The Hall–Kier alpha value is -0.0700. The second-order valence-electron chi connectivity index (χ2n) is 9.86. The largest absolute Gasteiger partial charge is 0.457 e. The molecule has 0 heterocycles. The molecule has 3 unspecified atom stereocenters. The van der Waals surface area contributed by atoms with E-state index in [2.05, 4.69) is 30.3 Å². The molecule has 36 heavy (non-hydrogen) atoms. The van der Waals surface area contributed by atoms with Gasteiger partial charge in [-0.05, 0) is 38.9 Å². The third-order valence-electron chi connectivity index (χ3n) is 6.31. The van der Waals surface area contributed by atoms with Crippen LogP contribution in [0, 0.1) is 0 Å². The van der Waals surface area contributed by atoms with Crippen molar-refractivity contribution in [2.75, 3.05) is 25.6 Å². The lowest BCUT2D eigenvalue weighted by Crippen LogP contribution is -2.19. The third-order valence-corrected chi connectivity index (χ3v) is 8.86. The van der Waals surface area contributed by atoms with Gasteiger partial charge in [-0.3, -0.25) is 4.52 Å². The first-order valence-corrected chi connectivity index (χ1v) is 17.4. The summed E-state index contributed by atoms with van der Waals surface area (Å²) in [6, 6.07) is 0. The first-order chi connectivity index (χ1) is 17.4. The first kappa shape index (κ1) is 35.9. The van der Waals surface area contributed by atoms with Gasteiger partial charge in [0.15, 0.2) is 0 Å². The van der Waals surface area contributed by atoms with Crippen LogP contribution in [0.1, 0.15) is 137 Å². The highest BCUT2D eigenvalue weighted by molar-refractivity contribution is 7.99. The Bertz CT molecular complexity index is 548. The zero-order valence-electron chi connectivity index (χ0n) is 23.8. The Morgan fingerprint density at radius 1 is 0.806 bits per heavy atom. The Labute approximate surface area is 226 Å². The van der Waals surface area contributed by atoms with Crippen molar-refractivity contribution in [3.8, 4) is 0 Å². The molecule has 0 aromatic rings. The second-order valence-corrected chi connectivity index (χ2v) is 12.9. The third kappa shape index (κ3) is 22.0. The van der Waals surface area contributed by atoms with Crippen molar-refractivity contribution in [2.45, 2.75) is 148 Å². The summed E-state index contributed by atoms with van der Waals surface area (Å²) >= 11 is 2.08. The van der Waals surface area contributed by atoms with Crippen molar-refractivity contribution >= 4 is 25.1 Å². The minimum Gasteiger partial charge on any atom is -0.457 e. The van der Waals surface area contributed by atoms with Gasteiger partial charge in [0.1, 0.15) is 0 Å². The van der Waals surface area contributed by atoms with Crippen LogP contribution in [0.2, 0.25) is 0 Å². The molecule has 8 heteroatoms. The lowest BCUT2D eigenvalue weighted by molar-refractivity contribution is 0.0275. The Morgan fingerprint density at radius 3 is 1.89 bits per heavy atom. The van der Waals surface area contributed by atoms with E-state index in [9.17, 15) is 14.3 Å². The van der Waals surface area contributed by atoms with E-state index in [1.54, 1.807) is 13.8 Å². The van der Waals surface area contributed by atoms with Crippen LogP contribution in [-0.4, -0.2) is 47.5 Å². The van der Waals surface area contributed by atoms with Gasteiger partial charge in [0.2, 0.25) is 0 Å². The standard InChI is InChI=1S/C28H57O6PS/c1-5-8-10-12-13-14-15-16-18-20-24-36-27(21-19-17-11-9-6-2)22-23-33-26(4)25-34-35(30,31)28(29)32-7-3/h26-27H,5-25H2,1-4H3,(H,30,31). The fraction of sp³-hybridized carbons (Fsp3) is 0.964. The molecule has 0 aromatic heterocycles. The van der Waals surface area contributed by atoms with E-state index in [0.717, 1.165) is 6.42 Å². The molecular formula is C28H57O6PS. The van der Waals surface area contributed by atoms with Crippen LogP contribution in [0.25, 0.3) is 0 Å². The number of rotatable bonds is 27. The number of carbonyl (C=O) groups excluding carboxylic acids is 1. The summed E-state index contributed by atoms with van der Waals surface area (Å²) in [5.74, 6) is 1.21. The van der Waals surface area contributed by atoms with E-state index < -0.39 is 13.3 Å². The average molecular weight is 553 g/mol. The zero-order chi connectivity index (χ0) is 26.9. The van der Waals surface area contributed by atoms with E-state index in [-0.39, 0.29) is 19.3 Å². The number of thioether (sulfide) groups is 1. The SMILES string of the molecule is CCCCCCCCCCCCSC(CCCCCCC)CCOC(C)COP(=O)(O)C(=O)OCC. The summed E-state index contributed by atoms with van der Waals surface area (Å²) in [5.41, 5.74) is -1.20. The van der Waals surface area contributed by atoms with Gasteiger partial charge in [-0.15, -0.1) is 0 Å². The number of ether oxygens (including phenoxy) is 2. The van der Waals surface area contributed by atoms with Gasteiger partial charge in [-0.1, -0.05) is 104 Å². The molecule has 0 aliphatic rings. The maximum atomic E-state index is 11.9. The quantitative estimate of drug-likeness (QED) is 0.0802. The summed E-state index contributed by atoms with van der Waals surface area (Å²) < 4.78 is 27.2.